The number of aliphatic imine (C=N–C) groups is 1. The monoisotopic (exact) mass is 481 g/mol. The van der Waals surface area contributed by atoms with Gasteiger partial charge in [-0.3, -0.25) is 0 Å². The minimum absolute atomic E-state index is 0.129. The molecule has 0 aromatic heterocycles. The number of phenols is 1. The van der Waals surface area contributed by atoms with Gasteiger partial charge in [0.1, 0.15) is 11.5 Å². The summed E-state index contributed by atoms with van der Waals surface area (Å²) in [6.07, 6.45) is 0. The van der Waals surface area contributed by atoms with Gasteiger partial charge >= 0.3 is 0 Å². The molecule has 0 bridgehead atoms. The van der Waals surface area contributed by atoms with Crippen molar-refractivity contribution >= 4 is 11.6 Å². The smallest absolute Gasteiger partial charge is 0.231 e. The largest absolute Gasteiger partial charge is 0.506 e. The number of aromatic hydroxyl groups is 1. The molecular weight excluding hydrogens is 454 g/mol. The van der Waals surface area contributed by atoms with Crippen molar-refractivity contribution in [3.8, 4) is 34.1 Å². The molecule has 1 aliphatic heterocycles. The zero-order valence-corrected chi connectivity index (χ0v) is 19.9. The lowest BCUT2D eigenvalue weighted by atomic mass is 10.0. The third-order valence-electron chi connectivity index (χ3n) is 5.85. The molecule has 0 spiro atoms. The van der Waals surface area contributed by atoms with Crippen molar-refractivity contribution in [2.75, 3.05) is 19.2 Å². The summed E-state index contributed by atoms with van der Waals surface area (Å²) >= 11 is 0. The van der Waals surface area contributed by atoms with E-state index in [2.05, 4.69) is 10.6 Å². The minimum Gasteiger partial charge on any atom is -0.506 e. The Kier molecular flexibility index (Phi) is 6.89. The maximum absolute atomic E-state index is 10.6. The lowest BCUT2D eigenvalue weighted by molar-refractivity contribution is 0.174. The van der Waals surface area contributed by atoms with E-state index >= 15 is 0 Å². The number of benzene rings is 4. The number of para-hydroxylation sites is 1. The SMILES string of the molecule is COc1ccccc1CNC(=NCc1ccc2c(c1)OCO2)Nc1cc(-c2ccccc2)ccc1O. The van der Waals surface area contributed by atoms with Gasteiger partial charge in [-0.1, -0.05) is 60.7 Å². The number of ether oxygens (including phenoxy) is 3. The topological polar surface area (TPSA) is 84.3 Å². The van der Waals surface area contributed by atoms with Crippen LogP contribution in [-0.4, -0.2) is 25.0 Å². The number of nitrogens with zero attached hydrogens (tertiary/aromatic N) is 1. The molecule has 0 aliphatic carbocycles. The van der Waals surface area contributed by atoms with Crippen molar-refractivity contribution in [1.29, 1.82) is 0 Å². The number of fused-ring (bicyclic) bond motifs is 1. The fourth-order valence-corrected chi connectivity index (χ4v) is 3.95. The number of nitrogens with one attached hydrogen (secondary N) is 2. The Hall–Kier alpha value is -4.65. The van der Waals surface area contributed by atoms with E-state index in [1.807, 2.05) is 84.9 Å². The molecular formula is C29H27N3O4. The minimum atomic E-state index is 0.129. The summed E-state index contributed by atoms with van der Waals surface area (Å²) in [5.41, 5.74) is 4.55. The van der Waals surface area contributed by atoms with Gasteiger partial charge in [-0.15, -0.1) is 0 Å². The number of guanidine groups is 1. The molecule has 0 fully saturated rings. The van der Waals surface area contributed by atoms with E-state index in [4.69, 9.17) is 19.2 Å². The van der Waals surface area contributed by atoms with Crippen LogP contribution in [0.1, 0.15) is 11.1 Å². The van der Waals surface area contributed by atoms with Crippen LogP contribution >= 0.6 is 0 Å². The van der Waals surface area contributed by atoms with Gasteiger partial charge in [0.2, 0.25) is 6.79 Å². The van der Waals surface area contributed by atoms with Crippen molar-refractivity contribution in [2.24, 2.45) is 4.99 Å². The molecule has 0 radical (unpaired) electrons. The van der Waals surface area contributed by atoms with Crippen molar-refractivity contribution in [3.05, 3.63) is 102 Å². The highest BCUT2D eigenvalue weighted by atomic mass is 16.7. The molecule has 1 aliphatic rings. The molecule has 182 valence electrons. The first-order chi connectivity index (χ1) is 17.7. The molecule has 0 amide bonds. The third kappa shape index (κ3) is 5.36. The molecule has 3 N–H and O–H groups in total. The summed E-state index contributed by atoms with van der Waals surface area (Å²) in [7, 11) is 1.65. The van der Waals surface area contributed by atoms with Crippen LogP contribution in [0, 0.1) is 0 Å². The average Bonchev–Trinajstić information content (AvgIpc) is 3.40. The quantitative estimate of drug-likeness (QED) is 0.182. The van der Waals surface area contributed by atoms with Crippen LogP contribution in [0.25, 0.3) is 11.1 Å². The van der Waals surface area contributed by atoms with Gasteiger partial charge in [-0.2, -0.15) is 0 Å². The second-order valence-electron chi connectivity index (χ2n) is 8.24. The lowest BCUT2D eigenvalue weighted by Crippen LogP contribution is -2.30. The van der Waals surface area contributed by atoms with Gasteiger partial charge in [-0.25, -0.2) is 4.99 Å². The Morgan fingerprint density at radius 3 is 2.56 bits per heavy atom. The van der Waals surface area contributed by atoms with Gasteiger partial charge in [0.25, 0.3) is 0 Å². The number of hydrogen-bond acceptors (Lipinski definition) is 5. The standard InChI is InChI=1S/C29H27N3O4/c1-34-26-10-6-5-9-23(26)18-31-29(30-17-20-11-14-27-28(15-20)36-19-35-27)32-24-16-22(12-13-25(24)33)21-7-3-2-4-8-21/h2-16,33H,17-19H2,1H3,(H2,30,31,32). The number of anilines is 1. The highest BCUT2D eigenvalue weighted by Crippen LogP contribution is 2.33. The molecule has 0 saturated carbocycles. The summed E-state index contributed by atoms with van der Waals surface area (Å²) in [6, 6.07) is 29.1. The van der Waals surface area contributed by atoms with Crippen molar-refractivity contribution in [2.45, 2.75) is 13.1 Å². The molecule has 0 saturated heterocycles. The highest BCUT2D eigenvalue weighted by molar-refractivity contribution is 5.95. The van der Waals surface area contributed by atoms with E-state index in [1.54, 1.807) is 13.2 Å². The Morgan fingerprint density at radius 2 is 1.69 bits per heavy atom. The summed E-state index contributed by atoms with van der Waals surface area (Å²) in [6.45, 7) is 1.11. The molecule has 4 aromatic carbocycles. The average molecular weight is 482 g/mol. The van der Waals surface area contributed by atoms with Gasteiger partial charge in [-0.05, 0) is 47.0 Å². The van der Waals surface area contributed by atoms with E-state index in [0.717, 1.165) is 33.8 Å². The van der Waals surface area contributed by atoms with Gasteiger partial charge < -0.3 is 30.0 Å². The van der Waals surface area contributed by atoms with Gasteiger partial charge in [0.15, 0.2) is 17.5 Å². The zero-order chi connectivity index (χ0) is 24.7. The van der Waals surface area contributed by atoms with Crippen LogP contribution in [0.15, 0.2) is 96.0 Å². The summed E-state index contributed by atoms with van der Waals surface area (Å²) in [5.74, 6) is 2.88. The van der Waals surface area contributed by atoms with Crippen LogP contribution < -0.4 is 24.8 Å². The van der Waals surface area contributed by atoms with Gasteiger partial charge in [0.05, 0.1) is 19.3 Å². The molecule has 0 unspecified atom stereocenters. The number of phenolic OH excluding ortho intramolecular Hbond substituents is 1. The van der Waals surface area contributed by atoms with E-state index in [1.165, 1.54) is 0 Å². The van der Waals surface area contributed by atoms with Crippen molar-refractivity contribution < 1.29 is 19.3 Å². The second kappa shape index (κ2) is 10.7. The van der Waals surface area contributed by atoms with E-state index < -0.39 is 0 Å². The number of rotatable bonds is 7. The Labute approximate surface area is 210 Å². The van der Waals surface area contributed by atoms with E-state index in [-0.39, 0.29) is 12.5 Å². The maximum atomic E-state index is 10.6. The predicted molar refractivity (Wildman–Crippen MR) is 141 cm³/mol. The molecule has 0 atom stereocenters. The molecule has 1 heterocycles. The highest BCUT2D eigenvalue weighted by Gasteiger charge is 2.14. The Bertz CT molecular complexity index is 1370. The van der Waals surface area contributed by atoms with Crippen LogP contribution in [0.2, 0.25) is 0 Å². The Morgan fingerprint density at radius 1 is 0.889 bits per heavy atom. The summed E-state index contributed by atoms with van der Waals surface area (Å²) < 4.78 is 16.4. The van der Waals surface area contributed by atoms with E-state index in [0.29, 0.717) is 30.5 Å². The van der Waals surface area contributed by atoms with Gasteiger partial charge in [0, 0.05) is 12.1 Å². The fourth-order valence-electron chi connectivity index (χ4n) is 3.95. The normalized spacial score (nSPS) is 12.3. The van der Waals surface area contributed by atoms with Crippen LogP contribution in [0.3, 0.4) is 0 Å². The number of methoxy groups -OCH3 is 1. The molecule has 7 heteroatoms. The van der Waals surface area contributed by atoms with Crippen LogP contribution in [-0.2, 0) is 13.1 Å². The van der Waals surface area contributed by atoms with Crippen LogP contribution in [0.4, 0.5) is 5.69 Å². The third-order valence-corrected chi connectivity index (χ3v) is 5.85. The van der Waals surface area contributed by atoms with Crippen molar-refractivity contribution in [1.82, 2.24) is 5.32 Å². The van der Waals surface area contributed by atoms with Crippen LogP contribution in [0.5, 0.6) is 23.0 Å². The molecule has 4 aromatic rings. The molecule has 36 heavy (non-hydrogen) atoms. The lowest BCUT2D eigenvalue weighted by Gasteiger charge is -2.16. The maximum Gasteiger partial charge on any atom is 0.231 e. The first-order valence-corrected chi connectivity index (χ1v) is 11.6. The first-order valence-electron chi connectivity index (χ1n) is 11.6. The first kappa shape index (κ1) is 23.1. The predicted octanol–water partition coefficient (Wildman–Crippen LogP) is 5.55. The second-order valence-corrected chi connectivity index (χ2v) is 8.24. The zero-order valence-electron chi connectivity index (χ0n) is 19.9. The molecule has 7 nitrogen and oxygen atoms in total. The summed E-state index contributed by atoms with van der Waals surface area (Å²) in [4.78, 5) is 4.77. The number of hydrogen-bond donors (Lipinski definition) is 3. The van der Waals surface area contributed by atoms with Crippen molar-refractivity contribution in [3.63, 3.8) is 0 Å². The molecule has 5 rings (SSSR count). The van der Waals surface area contributed by atoms with E-state index in [9.17, 15) is 5.11 Å². The summed E-state index contributed by atoms with van der Waals surface area (Å²) in [5, 5.41) is 17.2. The fraction of sp³-hybridized carbons (Fsp3) is 0.138. The Balaban J connectivity index is 1.41.